The van der Waals surface area contributed by atoms with E-state index in [9.17, 15) is 19.7 Å². The Morgan fingerprint density at radius 1 is 1.21 bits per heavy atom. The summed E-state index contributed by atoms with van der Waals surface area (Å²) in [4.78, 5) is 36.6. The number of ether oxygens (including phenoxy) is 2. The van der Waals surface area contributed by atoms with Crippen LogP contribution in [0.1, 0.15) is 19.4 Å². The van der Waals surface area contributed by atoms with E-state index in [-0.39, 0.29) is 17.6 Å². The summed E-state index contributed by atoms with van der Waals surface area (Å²) < 4.78 is 10.5. The van der Waals surface area contributed by atoms with Crippen LogP contribution in [0.4, 0.5) is 11.4 Å². The van der Waals surface area contributed by atoms with Crippen LogP contribution in [0.25, 0.3) is 0 Å². The number of anilines is 1. The van der Waals surface area contributed by atoms with Gasteiger partial charge in [0.2, 0.25) is 0 Å². The van der Waals surface area contributed by atoms with Crippen LogP contribution in [0.3, 0.4) is 0 Å². The van der Waals surface area contributed by atoms with E-state index in [1.807, 2.05) is 31.2 Å². The van der Waals surface area contributed by atoms with Gasteiger partial charge in [0.05, 0.1) is 4.92 Å². The fourth-order valence-electron chi connectivity index (χ4n) is 3.19. The first-order chi connectivity index (χ1) is 13.4. The van der Waals surface area contributed by atoms with Crippen molar-refractivity contribution in [2.24, 2.45) is 0 Å². The lowest BCUT2D eigenvalue weighted by Crippen LogP contribution is -2.43. The summed E-state index contributed by atoms with van der Waals surface area (Å²) in [6.45, 7) is 3.07. The smallest absolute Gasteiger partial charge is 0.344 e. The molecule has 1 aliphatic heterocycles. The molecule has 0 fully saturated rings. The predicted octanol–water partition coefficient (Wildman–Crippen LogP) is 2.88. The molecule has 0 unspecified atom stereocenters. The molecule has 0 radical (unpaired) electrons. The Morgan fingerprint density at radius 2 is 1.89 bits per heavy atom. The zero-order valence-electron chi connectivity index (χ0n) is 15.5. The molecule has 0 saturated carbocycles. The quantitative estimate of drug-likeness (QED) is 0.431. The van der Waals surface area contributed by atoms with Gasteiger partial charge in [0.1, 0.15) is 5.75 Å². The highest BCUT2D eigenvalue weighted by molar-refractivity contribution is 5.99. The zero-order valence-corrected chi connectivity index (χ0v) is 15.5. The first-order valence-electron chi connectivity index (χ1n) is 8.84. The van der Waals surface area contributed by atoms with Gasteiger partial charge in [0.25, 0.3) is 11.6 Å². The summed E-state index contributed by atoms with van der Waals surface area (Å²) in [7, 11) is 0. The highest BCUT2D eigenvalue weighted by atomic mass is 16.6. The Hall–Kier alpha value is -3.42. The first kappa shape index (κ1) is 19.3. The van der Waals surface area contributed by atoms with Crippen molar-refractivity contribution >= 4 is 23.3 Å². The molecule has 0 spiro atoms. The van der Waals surface area contributed by atoms with Gasteiger partial charge in [0, 0.05) is 23.9 Å². The van der Waals surface area contributed by atoms with Gasteiger partial charge in [-0.05, 0) is 44.0 Å². The molecule has 8 heteroatoms. The number of fused-ring (bicyclic) bond motifs is 1. The maximum absolute atomic E-state index is 12.8. The van der Waals surface area contributed by atoms with Crippen LogP contribution in [0.5, 0.6) is 5.75 Å². The Labute approximate surface area is 161 Å². The molecule has 28 heavy (non-hydrogen) atoms. The third-order valence-corrected chi connectivity index (χ3v) is 4.50. The Morgan fingerprint density at radius 3 is 2.57 bits per heavy atom. The van der Waals surface area contributed by atoms with E-state index in [0.29, 0.717) is 5.75 Å². The lowest BCUT2D eigenvalue weighted by Gasteiger charge is -2.25. The molecular weight excluding hydrogens is 364 g/mol. The number of benzene rings is 2. The minimum absolute atomic E-state index is 0.0117. The number of esters is 1. The molecule has 1 aliphatic rings. The summed E-state index contributed by atoms with van der Waals surface area (Å²) in [5.74, 6) is -0.691. The largest absolute Gasteiger partial charge is 0.482 e. The molecule has 0 aromatic heterocycles. The number of hydrogen-bond acceptors (Lipinski definition) is 6. The minimum Gasteiger partial charge on any atom is -0.482 e. The summed E-state index contributed by atoms with van der Waals surface area (Å²) >= 11 is 0. The molecule has 8 nitrogen and oxygen atoms in total. The second-order valence-electron chi connectivity index (χ2n) is 6.56. The van der Waals surface area contributed by atoms with Crippen molar-refractivity contribution in [2.45, 2.75) is 32.4 Å². The second-order valence-corrected chi connectivity index (χ2v) is 6.56. The highest BCUT2D eigenvalue weighted by Gasteiger charge is 2.34. The number of nitro groups is 1. The van der Waals surface area contributed by atoms with Gasteiger partial charge in [-0.3, -0.25) is 14.9 Å². The van der Waals surface area contributed by atoms with Gasteiger partial charge < -0.3 is 14.4 Å². The number of carbonyl (C=O) groups excluding carboxylic acids is 2. The molecule has 1 amide bonds. The van der Waals surface area contributed by atoms with E-state index in [2.05, 4.69) is 0 Å². The van der Waals surface area contributed by atoms with Crippen LogP contribution in [-0.2, 0) is 20.7 Å². The number of para-hydroxylation sites is 1. The lowest BCUT2D eigenvalue weighted by atomic mass is 10.1. The Kier molecular flexibility index (Phi) is 5.58. The predicted molar refractivity (Wildman–Crippen MR) is 101 cm³/mol. The molecular formula is C20H20N2O6. The molecule has 0 bridgehead atoms. The van der Waals surface area contributed by atoms with Crippen LogP contribution >= 0.6 is 0 Å². The van der Waals surface area contributed by atoms with Gasteiger partial charge in [-0.25, -0.2) is 4.79 Å². The highest BCUT2D eigenvalue weighted by Crippen LogP contribution is 2.32. The number of non-ortho nitro benzene ring substituents is 1. The standard InChI is InChI=1S/C20H20N2O6/c1-13-11-15-5-3-4-6-18(15)21(13)20(24)14(2)28-19(23)12-27-17-9-7-16(8-10-17)22(25)26/h3-10,13-14H,11-12H2,1-2H3/t13-,14+/m1/s1. The first-order valence-corrected chi connectivity index (χ1v) is 8.84. The van der Waals surface area contributed by atoms with Crippen molar-refractivity contribution in [1.82, 2.24) is 0 Å². The fraction of sp³-hybridized carbons (Fsp3) is 0.300. The van der Waals surface area contributed by atoms with Crippen LogP contribution in [0, 0.1) is 10.1 Å². The third-order valence-electron chi connectivity index (χ3n) is 4.50. The van der Waals surface area contributed by atoms with Gasteiger partial charge >= 0.3 is 5.97 Å². The second kappa shape index (κ2) is 8.08. The van der Waals surface area contributed by atoms with Crippen molar-refractivity contribution in [3.05, 3.63) is 64.2 Å². The summed E-state index contributed by atoms with van der Waals surface area (Å²) in [6.07, 6.45) is -0.201. The van der Waals surface area contributed by atoms with E-state index in [1.54, 1.807) is 4.90 Å². The maximum atomic E-state index is 12.8. The molecule has 2 aromatic rings. The molecule has 1 heterocycles. The van der Waals surface area contributed by atoms with Gasteiger partial charge in [-0.15, -0.1) is 0 Å². The van der Waals surface area contributed by atoms with Crippen molar-refractivity contribution < 1.29 is 24.0 Å². The Balaban J connectivity index is 1.55. The number of hydrogen-bond donors (Lipinski definition) is 0. The van der Waals surface area contributed by atoms with E-state index in [4.69, 9.17) is 9.47 Å². The van der Waals surface area contributed by atoms with E-state index in [1.165, 1.54) is 31.2 Å². The number of rotatable bonds is 6. The van der Waals surface area contributed by atoms with Crippen LogP contribution in [0.2, 0.25) is 0 Å². The zero-order chi connectivity index (χ0) is 20.3. The molecule has 3 rings (SSSR count). The summed E-state index contributed by atoms with van der Waals surface area (Å²) in [5, 5.41) is 10.6. The Bertz CT molecular complexity index is 896. The molecule has 2 atom stereocenters. The van der Waals surface area contributed by atoms with E-state index >= 15 is 0 Å². The molecule has 146 valence electrons. The normalized spacial score (nSPS) is 16.2. The van der Waals surface area contributed by atoms with Crippen LogP contribution < -0.4 is 9.64 Å². The van der Waals surface area contributed by atoms with Crippen molar-refractivity contribution in [2.75, 3.05) is 11.5 Å². The fourth-order valence-corrected chi connectivity index (χ4v) is 3.19. The van der Waals surface area contributed by atoms with Crippen molar-refractivity contribution in [3.8, 4) is 5.75 Å². The minimum atomic E-state index is -0.957. The molecule has 0 aliphatic carbocycles. The van der Waals surface area contributed by atoms with Crippen LogP contribution in [-0.4, -0.2) is 35.6 Å². The van der Waals surface area contributed by atoms with Crippen molar-refractivity contribution in [1.29, 1.82) is 0 Å². The number of nitrogens with zero attached hydrogens (tertiary/aromatic N) is 2. The summed E-state index contributed by atoms with van der Waals surface area (Å²) in [6, 6.07) is 13.0. The third kappa shape index (κ3) is 4.11. The molecule has 2 aromatic carbocycles. The average Bonchev–Trinajstić information content (AvgIpc) is 3.01. The maximum Gasteiger partial charge on any atom is 0.344 e. The number of carbonyl (C=O) groups is 2. The van der Waals surface area contributed by atoms with Gasteiger partial charge in [-0.1, -0.05) is 18.2 Å². The average molecular weight is 384 g/mol. The lowest BCUT2D eigenvalue weighted by molar-refractivity contribution is -0.384. The number of nitro benzene ring substituents is 1. The topological polar surface area (TPSA) is 99.0 Å². The molecule has 0 N–H and O–H groups in total. The molecule has 0 saturated heterocycles. The number of amides is 1. The monoisotopic (exact) mass is 384 g/mol. The summed E-state index contributed by atoms with van der Waals surface area (Å²) in [5.41, 5.74) is 1.85. The van der Waals surface area contributed by atoms with E-state index < -0.39 is 23.6 Å². The van der Waals surface area contributed by atoms with Gasteiger partial charge in [-0.2, -0.15) is 0 Å². The SMILES string of the molecule is C[C@H](OC(=O)COc1ccc([N+](=O)[O-])cc1)C(=O)N1c2ccccc2C[C@H]1C. The van der Waals surface area contributed by atoms with E-state index in [0.717, 1.165) is 17.7 Å². The van der Waals surface area contributed by atoms with Gasteiger partial charge in [0.15, 0.2) is 12.7 Å². The van der Waals surface area contributed by atoms with Crippen molar-refractivity contribution in [3.63, 3.8) is 0 Å². The van der Waals surface area contributed by atoms with Crippen LogP contribution in [0.15, 0.2) is 48.5 Å².